The number of nitrogens with zero attached hydrogens (tertiary/aromatic N) is 1. The summed E-state index contributed by atoms with van der Waals surface area (Å²) in [5, 5.41) is 9.55. The van der Waals surface area contributed by atoms with E-state index in [4.69, 9.17) is 15.4 Å². The Bertz CT molecular complexity index is 481. The number of fused-ring (bicyclic) bond motifs is 1. The van der Waals surface area contributed by atoms with E-state index in [9.17, 15) is 0 Å². The molecule has 0 radical (unpaired) electrons. The van der Waals surface area contributed by atoms with Gasteiger partial charge in [-0.3, -0.25) is 0 Å². The fourth-order valence-electron chi connectivity index (χ4n) is 1.43. The zero-order valence-electron chi connectivity index (χ0n) is 7.60. The van der Waals surface area contributed by atoms with Crippen molar-refractivity contribution in [1.29, 1.82) is 5.26 Å². The maximum Gasteiger partial charge on any atom is 0.133 e. The SMILES string of the molecule is N#CC[C@@H](N)c1ccc2occc2c1. The highest BCUT2D eigenvalue weighted by atomic mass is 16.3. The van der Waals surface area contributed by atoms with Crippen LogP contribution < -0.4 is 5.73 Å². The summed E-state index contributed by atoms with van der Waals surface area (Å²) < 4.78 is 5.21. The van der Waals surface area contributed by atoms with Crippen molar-refractivity contribution in [3.63, 3.8) is 0 Å². The van der Waals surface area contributed by atoms with E-state index in [-0.39, 0.29) is 6.04 Å². The lowest BCUT2D eigenvalue weighted by molar-refractivity contribution is 0.615. The molecule has 0 bridgehead atoms. The van der Waals surface area contributed by atoms with Crippen LogP contribution in [-0.4, -0.2) is 0 Å². The summed E-state index contributed by atoms with van der Waals surface area (Å²) in [5.74, 6) is 0. The summed E-state index contributed by atoms with van der Waals surface area (Å²) in [6.07, 6.45) is 1.98. The number of benzene rings is 1. The number of hydrogen-bond donors (Lipinski definition) is 1. The molecule has 0 spiro atoms. The zero-order valence-corrected chi connectivity index (χ0v) is 7.60. The van der Waals surface area contributed by atoms with Gasteiger partial charge in [0.2, 0.25) is 0 Å². The van der Waals surface area contributed by atoms with Crippen LogP contribution in [0.5, 0.6) is 0 Å². The molecule has 1 atom stereocenters. The van der Waals surface area contributed by atoms with Crippen LogP contribution in [0.15, 0.2) is 34.9 Å². The normalized spacial score (nSPS) is 12.6. The lowest BCUT2D eigenvalue weighted by Gasteiger charge is -2.06. The highest BCUT2D eigenvalue weighted by Gasteiger charge is 2.06. The van der Waals surface area contributed by atoms with Crippen LogP contribution in [0.1, 0.15) is 18.0 Å². The molecule has 0 unspecified atom stereocenters. The number of nitriles is 1. The average molecular weight is 186 g/mol. The van der Waals surface area contributed by atoms with Gasteiger partial charge in [-0.15, -0.1) is 0 Å². The van der Waals surface area contributed by atoms with Gasteiger partial charge in [-0.1, -0.05) is 6.07 Å². The molecule has 1 heterocycles. The second kappa shape index (κ2) is 3.52. The first kappa shape index (κ1) is 8.79. The maximum atomic E-state index is 8.52. The number of furan rings is 1. The molecule has 14 heavy (non-hydrogen) atoms. The predicted octanol–water partition coefficient (Wildman–Crippen LogP) is 2.35. The van der Waals surface area contributed by atoms with Gasteiger partial charge in [0.15, 0.2) is 0 Å². The molecule has 1 aromatic carbocycles. The summed E-state index contributed by atoms with van der Waals surface area (Å²) in [6.45, 7) is 0. The minimum Gasteiger partial charge on any atom is -0.464 e. The zero-order chi connectivity index (χ0) is 9.97. The minimum atomic E-state index is -0.209. The largest absolute Gasteiger partial charge is 0.464 e. The summed E-state index contributed by atoms with van der Waals surface area (Å²) >= 11 is 0. The fourth-order valence-corrected chi connectivity index (χ4v) is 1.43. The van der Waals surface area contributed by atoms with Crippen LogP contribution in [0.3, 0.4) is 0 Å². The molecule has 0 fully saturated rings. The molecule has 0 aliphatic heterocycles. The van der Waals surface area contributed by atoms with Crippen molar-refractivity contribution in [3.05, 3.63) is 36.1 Å². The molecule has 2 N–H and O–H groups in total. The molecule has 0 amide bonds. The molecule has 2 rings (SSSR count). The van der Waals surface area contributed by atoms with Gasteiger partial charge in [-0.25, -0.2) is 0 Å². The minimum absolute atomic E-state index is 0.209. The Hall–Kier alpha value is -1.79. The first-order valence-electron chi connectivity index (χ1n) is 4.41. The Kier molecular flexibility index (Phi) is 2.21. The molecular weight excluding hydrogens is 176 g/mol. The molecule has 1 aromatic heterocycles. The van der Waals surface area contributed by atoms with Crippen molar-refractivity contribution in [1.82, 2.24) is 0 Å². The third kappa shape index (κ3) is 1.48. The Balaban J connectivity index is 2.39. The Morgan fingerprint density at radius 1 is 1.43 bits per heavy atom. The summed E-state index contributed by atoms with van der Waals surface area (Å²) in [7, 11) is 0. The molecule has 3 nitrogen and oxygen atoms in total. The van der Waals surface area contributed by atoms with Gasteiger partial charge in [-0.05, 0) is 23.8 Å². The molecular formula is C11H10N2O. The smallest absolute Gasteiger partial charge is 0.133 e. The standard InChI is InChI=1S/C11H10N2O/c12-5-3-10(13)8-1-2-11-9(7-8)4-6-14-11/h1-2,4,6-7,10H,3,13H2/t10-/m1/s1. The van der Waals surface area contributed by atoms with E-state index in [2.05, 4.69) is 6.07 Å². The molecule has 3 heteroatoms. The highest BCUT2D eigenvalue weighted by molar-refractivity contribution is 5.77. The van der Waals surface area contributed by atoms with Gasteiger partial charge < -0.3 is 10.2 Å². The maximum absolute atomic E-state index is 8.52. The van der Waals surface area contributed by atoms with E-state index in [0.717, 1.165) is 16.5 Å². The van der Waals surface area contributed by atoms with E-state index in [1.54, 1.807) is 6.26 Å². The van der Waals surface area contributed by atoms with Crippen molar-refractivity contribution in [3.8, 4) is 6.07 Å². The molecule has 0 saturated carbocycles. The topological polar surface area (TPSA) is 63.0 Å². The number of rotatable bonds is 2. The molecule has 0 saturated heterocycles. The van der Waals surface area contributed by atoms with E-state index in [1.165, 1.54) is 0 Å². The third-order valence-electron chi connectivity index (χ3n) is 2.22. The summed E-state index contributed by atoms with van der Waals surface area (Å²) in [6, 6.07) is 9.47. The van der Waals surface area contributed by atoms with E-state index < -0.39 is 0 Å². The third-order valence-corrected chi connectivity index (χ3v) is 2.22. The van der Waals surface area contributed by atoms with Gasteiger partial charge in [-0.2, -0.15) is 5.26 Å². The predicted molar refractivity (Wildman–Crippen MR) is 53.4 cm³/mol. The lowest BCUT2D eigenvalue weighted by atomic mass is 10.0. The van der Waals surface area contributed by atoms with Crippen LogP contribution in [0, 0.1) is 11.3 Å². The first-order chi connectivity index (χ1) is 6.81. The van der Waals surface area contributed by atoms with Crippen LogP contribution in [0.4, 0.5) is 0 Å². The molecule has 0 aliphatic rings. The summed E-state index contributed by atoms with van der Waals surface area (Å²) in [5.41, 5.74) is 7.63. The fraction of sp³-hybridized carbons (Fsp3) is 0.182. The summed E-state index contributed by atoms with van der Waals surface area (Å²) in [4.78, 5) is 0. The second-order valence-electron chi connectivity index (χ2n) is 3.19. The van der Waals surface area contributed by atoms with Crippen molar-refractivity contribution in [2.24, 2.45) is 5.73 Å². The molecule has 0 aliphatic carbocycles. The van der Waals surface area contributed by atoms with Crippen molar-refractivity contribution in [2.45, 2.75) is 12.5 Å². The average Bonchev–Trinajstić information content (AvgIpc) is 2.64. The van der Waals surface area contributed by atoms with Crippen molar-refractivity contribution < 1.29 is 4.42 Å². The Morgan fingerprint density at radius 3 is 3.07 bits per heavy atom. The van der Waals surface area contributed by atoms with Gasteiger partial charge >= 0.3 is 0 Å². The van der Waals surface area contributed by atoms with Gasteiger partial charge in [0, 0.05) is 11.4 Å². The van der Waals surface area contributed by atoms with Crippen LogP contribution >= 0.6 is 0 Å². The monoisotopic (exact) mass is 186 g/mol. The van der Waals surface area contributed by atoms with Gasteiger partial charge in [0.1, 0.15) is 5.58 Å². The number of nitrogens with two attached hydrogens (primary N) is 1. The lowest BCUT2D eigenvalue weighted by Crippen LogP contribution is -2.08. The number of hydrogen-bond acceptors (Lipinski definition) is 3. The highest BCUT2D eigenvalue weighted by Crippen LogP contribution is 2.21. The first-order valence-corrected chi connectivity index (χ1v) is 4.41. The van der Waals surface area contributed by atoms with Crippen LogP contribution in [0.25, 0.3) is 11.0 Å². The second-order valence-corrected chi connectivity index (χ2v) is 3.19. The van der Waals surface area contributed by atoms with E-state index in [1.807, 2.05) is 24.3 Å². The molecule has 2 aromatic rings. The quantitative estimate of drug-likeness (QED) is 0.782. The molecule has 70 valence electrons. The van der Waals surface area contributed by atoms with E-state index in [0.29, 0.717) is 6.42 Å². The van der Waals surface area contributed by atoms with Gasteiger partial charge in [0.05, 0.1) is 18.8 Å². The van der Waals surface area contributed by atoms with E-state index >= 15 is 0 Å². The van der Waals surface area contributed by atoms with Crippen molar-refractivity contribution >= 4 is 11.0 Å². The van der Waals surface area contributed by atoms with Crippen LogP contribution in [0.2, 0.25) is 0 Å². The van der Waals surface area contributed by atoms with Gasteiger partial charge in [0.25, 0.3) is 0 Å². The Morgan fingerprint density at radius 2 is 2.29 bits per heavy atom. The van der Waals surface area contributed by atoms with Crippen molar-refractivity contribution in [2.75, 3.05) is 0 Å². The van der Waals surface area contributed by atoms with Crippen LogP contribution in [-0.2, 0) is 0 Å². The Labute approximate surface area is 81.7 Å².